The van der Waals surface area contributed by atoms with Crippen molar-refractivity contribution in [1.29, 1.82) is 0 Å². The third kappa shape index (κ3) is 10.2. The minimum atomic E-state index is -0.494. The smallest absolute Gasteiger partial charge is 0.408 e. The Bertz CT molecular complexity index is 1400. The molecule has 9 nitrogen and oxygen atoms in total. The van der Waals surface area contributed by atoms with Gasteiger partial charge in [0.2, 0.25) is 0 Å². The third-order valence-corrected chi connectivity index (χ3v) is 9.61. The van der Waals surface area contributed by atoms with E-state index in [0.29, 0.717) is 13.1 Å². The lowest BCUT2D eigenvalue weighted by atomic mass is 9.99. The van der Waals surface area contributed by atoms with Crippen molar-refractivity contribution in [3.05, 3.63) is 144 Å². The highest BCUT2D eigenvalue weighted by Crippen LogP contribution is 2.24. The fourth-order valence-electron chi connectivity index (χ4n) is 6.98. The van der Waals surface area contributed by atoms with Gasteiger partial charge in [0.05, 0.1) is 18.2 Å². The SMILES string of the molecule is O=C(NC(c1ccccc1)c1ccccc1)OC1CCN(CC(O)CN2CCC(OC(=O)NC(c3ccccc3)c3ccccc3)CC2)CC1. The number of hydrogen-bond acceptors (Lipinski definition) is 7. The van der Waals surface area contributed by atoms with E-state index in [9.17, 15) is 14.7 Å². The zero-order chi connectivity index (χ0) is 34.5. The molecule has 0 radical (unpaired) electrons. The molecular formula is C41H48N4O5. The summed E-state index contributed by atoms with van der Waals surface area (Å²) in [5, 5.41) is 17.1. The second-order valence-electron chi connectivity index (χ2n) is 13.3. The number of β-amino-alcohol motifs (C(OH)–C–C–N with tert-alkyl or cyclic N) is 1. The fraction of sp³-hybridized carbons (Fsp3) is 0.366. The monoisotopic (exact) mass is 676 g/mol. The molecule has 0 spiro atoms. The van der Waals surface area contributed by atoms with Crippen LogP contribution in [0.15, 0.2) is 121 Å². The lowest BCUT2D eigenvalue weighted by Gasteiger charge is -2.36. The molecule has 50 heavy (non-hydrogen) atoms. The van der Waals surface area contributed by atoms with E-state index in [-0.39, 0.29) is 24.3 Å². The van der Waals surface area contributed by atoms with Crippen LogP contribution in [0.2, 0.25) is 0 Å². The lowest BCUT2D eigenvalue weighted by Crippen LogP contribution is -2.47. The molecule has 3 N–H and O–H groups in total. The van der Waals surface area contributed by atoms with Crippen LogP contribution in [0.5, 0.6) is 0 Å². The summed E-state index contributed by atoms with van der Waals surface area (Å²) in [6.07, 6.45) is 1.24. The first-order chi connectivity index (χ1) is 24.5. The van der Waals surface area contributed by atoms with Gasteiger partial charge < -0.3 is 35.0 Å². The van der Waals surface area contributed by atoms with Crippen LogP contribution in [0, 0.1) is 0 Å². The Labute approximate surface area is 295 Å². The largest absolute Gasteiger partial charge is 0.446 e. The van der Waals surface area contributed by atoms with Gasteiger partial charge in [0.1, 0.15) is 12.2 Å². The maximum atomic E-state index is 13.0. The number of alkyl carbamates (subject to hydrolysis) is 2. The van der Waals surface area contributed by atoms with Gasteiger partial charge >= 0.3 is 12.2 Å². The van der Waals surface area contributed by atoms with Gasteiger partial charge in [0.25, 0.3) is 0 Å². The van der Waals surface area contributed by atoms with Gasteiger partial charge in [0, 0.05) is 39.3 Å². The zero-order valence-corrected chi connectivity index (χ0v) is 28.5. The molecule has 0 bridgehead atoms. The van der Waals surface area contributed by atoms with E-state index in [1.165, 1.54) is 0 Å². The van der Waals surface area contributed by atoms with Crippen LogP contribution in [0.4, 0.5) is 9.59 Å². The molecule has 6 rings (SSSR count). The van der Waals surface area contributed by atoms with E-state index in [1.54, 1.807) is 0 Å². The maximum absolute atomic E-state index is 13.0. The topological polar surface area (TPSA) is 103 Å². The normalized spacial score (nSPS) is 16.4. The molecule has 2 aliphatic heterocycles. The average molecular weight is 677 g/mol. The molecule has 2 heterocycles. The number of carbonyl (C=O) groups excluding carboxylic acids is 2. The van der Waals surface area contributed by atoms with Gasteiger partial charge in [-0.15, -0.1) is 0 Å². The highest BCUT2D eigenvalue weighted by atomic mass is 16.6. The number of rotatable bonds is 12. The minimum absolute atomic E-state index is 0.164. The predicted octanol–water partition coefficient (Wildman–Crippen LogP) is 6.31. The van der Waals surface area contributed by atoms with Crippen LogP contribution >= 0.6 is 0 Å². The first kappa shape index (κ1) is 35.1. The first-order valence-corrected chi connectivity index (χ1v) is 17.8. The van der Waals surface area contributed by atoms with E-state index in [4.69, 9.17) is 9.47 Å². The summed E-state index contributed by atoms with van der Waals surface area (Å²) in [5.41, 5.74) is 3.99. The maximum Gasteiger partial charge on any atom is 0.408 e. The molecule has 2 saturated heterocycles. The Hall–Kier alpha value is -4.70. The molecule has 0 unspecified atom stereocenters. The van der Waals surface area contributed by atoms with Crippen LogP contribution < -0.4 is 10.6 Å². The second-order valence-corrected chi connectivity index (χ2v) is 13.3. The molecule has 0 aromatic heterocycles. The average Bonchev–Trinajstić information content (AvgIpc) is 3.16. The molecule has 262 valence electrons. The van der Waals surface area contributed by atoms with Gasteiger partial charge in [-0.3, -0.25) is 0 Å². The van der Waals surface area contributed by atoms with E-state index in [0.717, 1.165) is 74.1 Å². The van der Waals surface area contributed by atoms with E-state index in [2.05, 4.69) is 20.4 Å². The number of ether oxygens (including phenoxy) is 2. The number of nitrogens with zero attached hydrogens (tertiary/aromatic N) is 2. The van der Waals surface area contributed by atoms with Crippen LogP contribution in [0.25, 0.3) is 0 Å². The summed E-state index contributed by atoms with van der Waals surface area (Å²) in [6.45, 7) is 4.17. The van der Waals surface area contributed by atoms with Gasteiger partial charge in [0.15, 0.2) is 0 Å². The number of benzene rings is 4. The zero-order valence-electron chi connectivity index (χ0n) is 28.5. The number of aliphatic hydroxyl groups is 1. The molecule has 0 atom stereocenters. The summed E-state index contributed by atoms with van der Waals surface area (Å²) < 4.78 is 11.7. The molecule has 4 aromatic rings. The summed E-state index contributed by atoms with van der Waals surface area (Å²) in [6, 6.07) is 39.0. The van der Waals surface area contributed by atoms with Crippen LogP contribution in [0.3, 0.4) is 0 Å². The van der Waals surface area contributed by atoms with Crippen molar-refractivity contribution in [3.63, 3.8) is 0 Å². The molecule has 4 aromatic carbocycles. The highest BCUT2D eigenvalue weighted by molar-refractivity contribution is 5.69. The van der Waals surface area contributed by atoms with Crippen LogP contribution in [-0.4, -0.2) is 84.7 Å². The van der Waals surface area contributed by atoms with E-state index in [1.807, 2.05) is 121 Å². The number of likely N-dealkylation sites (tertiary alicyclic amines) is 2. The number of hydrogen-bond donors (Lipinski definition) is 3. The van der Waals surface area contributed by atoms with Crippen molar-refractivity contribution >= 4 is 12.2 Å². The standard InChI is InChI=1S/C41H48N4O5/c46-35(29-44-25-21-36(22-26-44)49-40(47)42-38(31-13-5-1-6-14-31)32-15-7-2-8-16-32)30-45-27-23-37(24-28-45)50-41(48)43-39(33-17-9-3-10-18-33)34-19-11-4-12-20-34/h1-20,35-39,46H,21-30H2,(H,42,47)(H,43,48). The molecule has 2 fully saturated rings. The number of carbonyl (C=O) groups is 2. The minimum Gasteiger partial charge on any atom is -0.446 e. The van der Waals surface area contributed by atoms with Crippen molar-refractivity contribution in [3.8, 4) is 0 Å². The molecular weight excluding hydrogens is 628 g/mol. The van der Waals surface area contributed by atoms with Gasteiger partial charge in [-0.2, -0.15) is 0 Å². The number of aliphatic hydroxyl groups excluding tert-OH is 1. The first-order valence-electron chi connectivity index (χ1n) is 17.8. The third-order valence-electron chi connectivity index (χ3n) is 9.61. The van der Waals surface area contributed by atoms with Crippen LogP contribution in [0.1, 0.15) is 60.0 Å². The van der Waals surface area contributed by atoms with Crippen molar-refractivity contribution < 1.29 is 24.2 Å². The summed E-state index contributed by atoms with van der Waals surface area (Å²) in [4.78, 5) is 30.4. The van der Waals surface area contributed by atoms with Gasteiger partial charge in [-0.05, 0) is 47.9 Å². The van der Waals surface area contributed by atoms with E-state index >= 15 is 0 Å². The summed E-state index contributed by atoms with van der Waals surface area (Å²) in [7, 11) is 0. The summed E-state index contributed by atoms with van der Waals surface area (Å²) in [5.74, 6) is 0. The Morgan fingerprint density at radius 3 is 1.10 bits per heavy atom. The second kappa shape index (κ2) is 17.8. The molecule has 9 heteroatoms. The van der Waals surface area contributed by atoms with Crippen LogP contribution in [-0.2, 0) is 9.47 Å². The Kier molecular flexibility index (Phi) is 12.5. The Morgan fingerprint density at radius 1 is 0.540 bits per heavy atom. The lowest BCUT2D eigenvalue weighted by molar-refractivity contribution is 0.0110. The van der Waals surface area contributed by atoms with Crippen molar-refractivity contribution in [2.75, 3.05) is 39.3 Å². The molecule has 2 aliphatic rings. The summed E-state index contributed by atoms with van der Waals surface area (Å²) >= 11 is 0. The highest BCUT2D eigenvalue weighted by Gasteiger charge is 2.28. The molecule has 2 amide bonds. The van der Waals surface area contributed by atoms with Gasteiger partial charge in [-0.1, -0.05) is 121 Å². The number of nitrogens with one attached hydrogen (secondary N) is 2. The Morgan fingerprint density at radius 2 is 0.820 bits per heavy atom. The van der Waals surface area contributed by atoms with Gasteiger partial charge in [-0.25, -0.2) is 9.59 Å². The number of piperidine rings is 2. The molecule has 0 aliphatic carbocycles. The van der Waals surface area contributed by atoms with Crippen molar-refractivity contribution in [2.45, 2.75) is 56.1 Å². The van der Waals surface area contributed by atoms with Crippen molar-refractivity contribution in [2.24, 2.45) is 0 Å². The van der Waals surface area contributed by atoms with Crippen molar-refractivity contribution in [1.82, 2.24) is 20.4 Å². The quantitative estimate of drug-likeness (QED) is 0.162. The number of amides is 2. The van der Waals surface area contributed by atoms with E-state index < -0.39 is 18.3 Å². The predicted molar refractivity (Wildman–Crippen MR) is 194 cm³/mol. The Balaban J connectivity index is 0.891. The fourth-order valence-corrected chi connectivity index (χ4v) is 6.98. The molecule has 0 saturated carbocycles.